The number of hydrogen-bond acceptors (Lipinski definition) is 6. The van der Waals surface area contributed by atoms with E-state index in [9.17, 15) is 14.4 Å². The maximum absolute atomic E-state index is 12.2. The van der Waals surface area contributed by atoms with Gasteiger partial charge in [0, 0.05) is 19.7 Å². The Kier molecular flexibility index (Phi) is 4.92. The molecule has 112 valence electrons. The van der Waals surface area contributed by atoms with Crippen molar-refractivity contribution in [2.75, 3.05) is 20.3 Å². The van der Waals surface area contributed by atoms with E-state index in [1.807, 2.05) is 0 Å². The van der Waals surface area contributed by atoms with Crippen molar-refractivity contribution < 1.29 is 24.2 Å². The van der Waals surface area contributed by atoms with Crippen molar-refractivity contribution in [2.24, 2.45) is 0 Å². The van der Waals surface area contributed by atoms with Gasteiger partial charge in [-0.05, 0) is 12.1 Å². The van der Waals surface area contributed by atoms with Crippen LogP contribution in [0.2, 0.25) is 0 Å². The molecule has 2 heterocycles. The molecule has 1 atom stereocenters. The molecule has 1 saturated heterocycles. The fraction of sp³-hybridized carbons (Fsp3) is 0.385. The zero-order chi connectivity index (χ0) is 15.4. The standard InChI is InChI=1S/C13H14N2O5S/c1-20-6-5-15-10(16)7-9(12(15)17)21-11-8(13(18)19)3-2-4-14-11/h2-4,9H,5-7H2,1H3,(H,18,19). The summed E-state index contributed by atoms with van der Waals surface area (Å²) < 4.78 is 4.86. The molecule has 1 aliphatic heterocycles. The molecule has 1 unspecified atom stereocenters. The summed E-state index contributed by atoms with van der Waals surface area (Å²) in [5, 5.41) is 8.70. The molecule has 8 heteroatoms. The van der Waals surface area contributed by atoms with Crippen LogP contribution in [-0.2, 0) is 14.3 Å². The Balaban J connectivity index is 2.13. The third-order valence-electron chi connectivity index (χ3n) is 2.98. The number of imide groups is 1. The summed E-state index contributed by atoms with van der Waals surface area (Å²) in [5.74, 6) is -1.72. The fourth-order valence-corrected chi connectivity index (χ4v) is 3.07. The lowest BCUT2D eigenvalue weighted by Crippen LogP contribution is -2.34. The van der Waals surface area contributed by atoms with Gasteiger partial charge in [0.2, 0.25) is 11.8 Å². The summed E-state index contributed by atoms with van der Waals surface area (Å²) in [4.78, 5) is 40.2. The minimum atomic E-state index is -1.11. The first-order chi connectivity index (χ1) is 10.0. The Hall–Kier alpha value is -1.93. The van der Waals surface area contributed by atoms with Crippen LogP contribution in [0.1, 0.15) is 16.8 Å². The molecular weight excluding hydrogens is 296 g/mol. The van der Waals surface area contributed by atoms with E-state index >= 15 is 0 Å². The van der Waals surface area contributed by atoms with Crippen LogP contribution < -0.4 is 0 Å². The van der Waals surface area contributed by atoms with Gasteiger partial charge in [0.05, 0.1) is 24.0 Å². The van der Waals surface area contributed by atoms with Gasteiger partial charge < -0.3 is 9.84 Å². The molecule has 0 radical (unpaired) electrons. The summed E-state index contributed by atoms with van der Waals surface area (Å²) in [6.45, 7) is 0.484. The molecule has 0 saturated carbocycles. The van der Waals surface area contributed by atoms with Crippen molar-refractivity contribution in [3.05, 3.63) is 23.9 Å². The SMILES string of the molecule is COCCN1C(=O)CC(Sc2ncccc2C(=O)O)C1=O. The summed E-state index contributed by atoms with van der Waals surface area (Å²) >= 11 is 1.01. The Morgan fingerprint density at radius 3 is 3.00 bits per heavy atom. The normalized spacial score (nSPS) is 18.3. The number of nitrogens with zero attached hydrogens (tertiary/aromatic N) is 2. The first kappa shape index (κ1) is 15.5. The molecule has 0 aromatic carbocycles. The van der Waals surface area contributed by atoms with Crippen molar-refractivity contribution in [3.8, 4) is 0 Å². The summed E-state index contributed by atoms with van der Waals surface area (Å²) in [5.41, 5.74) is 0.0260. The number of methoxy groups -OCH3 is 1. The van der Waals surface area contributed by atoms with Gasteiger partial charge >= 0.3 is 5.97 Å². The first-order valence-electron chi connectivity index (χ1n) is 6.22. The van der Waals surface area contributed by atoms with Crippen LogP contribution >= 0.6 is 11.8 Å². The Labute approximate surface area is 125 Å². The van der Waals surface area contributed by atoms with Gasteiger partial charge in [0.1, 0.15) is 5.03 Å². The van der Waals surface area contributed by atoms with Gasteiger partial charge in [-0.25, -0.2) is 9.78 Å². The third kappa shape index (κ3) is 3.40. The third-order valence-corrected chi connectivity index (χ3v) is 4.18. The average molecular weight is 310 g/mol. The molecule has 7 nitrogen and oxygen atoms in total. The number of rotatable bonds is 6. The van der Waals surface area contributed by atoms with Gasteiger partial charge in [-0.15, -0.1) is 0 Å². The number of carbonyl (C=O) groups excluding carboxylic acids is 2. The first-order valence-corrected chi connectivity index (χ1v) is 7.10. The summed E-state index contributed by atoms with van der Waals surface area (Å²) in [6, 6.07) is 2.93. The zero-order valence-corrected chi connectivity index (χ0v) is 12.1. The van der Waals surface area contributed by atoms with Crippen molar-refractivity contribution in [1.82, 2.24) is 9.88 Å². The largest absolute Gasteiger partial charge is 0.478 e. The quantitative estimate of drug-likeness (QED) is 0.770. The van der Waals surface area contributed by atoms with E-state index in [-0.39, 0.29) is 42.0 Å². The monoisotopic (exact) mass is 310 g/mol. The second-order valence-electron chi connectivity index (χ2n) is 4.35. The number of amides is 2. The number of aromatic carboxylic acids is 1. The average Bonchev–Trinajstić information content (AvgIpc) is 2.72. The van der Waals surface area contributed by atoms with Crippen molar-refractivity contribution in [3.63, 3.8) is 0 Å². The van der Waals surface area contributed by atoms with E-state index in [0.717, 1.165) is 16.7 Å². The summed E-state index contributed by atoms with van der Waals surface area (Å²) in [6.07, 6.45) is 1.50. The van der Waals surface area contributed by atoms with E-state index in [1.165, 1.54) is 25.4 Å². The number of aromatic nitrogens is 1. The highest BCUT2D eigenvalue weighted by molar-refractivity contribution is 8.00. The van der Waals surface area contributed by atoms with Gasteiger partial charge in [-0.3, -0.25) is 14.5 Å². The summed E-state index contributed by atoms with van der Waals surface area (Å²) in [7, 11) is 1.49. The number of carboxylic acids is 1. The number of carbonyl (C=O) groups is 3. The molecule has 1 N–H and O–H groups in total. The van der Waals surface area contributed by atoms with Crippen LogP contribution in [0, 0.1) is 0 Å². The van der Waals surface area contributed by atoms with Crippen LogP contribution in [0.15, 0.2) is 23.4 Å². The van der Waals surface area contributed by atoms with Gasteiger partial charge in [0.15, 0.2) is 0 Å². The highest BCUT2D eigenvalue weighted by atomic mass is 32.2. The second-order valence-corrected chi connectivity index (χ2v) is 5.54. The van der Waals surface area contributed by atoms with Crippen LogP contribution in [-0.4, -0.2) is 58.3 Å². The van der Waals surface area contributed by atoms with Gasteiger partial charge in [-0.2, -0.15) is 0 Å². The minimum Gasteiger partial charge on any atom is -0.478 e. The Bertz CT molecular complexity index is 577. The number of ether oxygens (including phenoxy) is 1. The second kappa shape index (κ2) is 6.68. The lowest BCUT2D eigenvalue weighted by Gasteiger charge is -2.14. The van der Waals surface area contributed by atoms with Gasteiger partial charge in [0.25, 0.3) is 0 Å². The lowest BCUT2D eigenvalue weighted by atomic mass is 10.3. The molecule has 0 spiro atoms. The van der Waals surface area contributed by atoms with Crippen molar-refractivity contribution in [1.29, 1.82) is 0 Å². The predicted octanol–water partition coefficient (Wildman–Crippen LogP) is 0.646. The number of carboxylic acid groups (broad SMARTS) is 1. The Morgan fingerprint density at radius 2 is 2.33 bits per heavy atom. The molecule has 1 aromatic rings. The van der Waals surface area contributed by atoms with E-state index < -0.39 is 11.2 Å². The van der Waals surface area contributed by atoms with E-state index in [1.54, 1.807) is 0 Å². The highest BCUT2D eigenvalue weighted by Crippen LogP contribution is 2.32. The molecular formula is C13H14N2O5S. The maximum Gasteiger partial charge on any atom is 0.338 e. The molecule has 0 bridgehead atoms. The van der Waals surface area contributed by atoms with Crippen molar-refractivity contribution >= 4 is 29.5 Å². The van der Waals surface area contributed by atoms with E-state index in [0.29, 0.717) is 0 Å². The Morgan fingerprint density at radius 1 is 1.57 bits per heavy atom. The molecule has 21 heavy (non-hydrogen) atoms. The topological polar surface area (TPSA) is 96.8 Å². The van der Waals surface area contributed by atoms with Gasteiger partial charge in [-0.1, -0.05) is 11.8 Å². The lowest BCUT2D eigenvalue weighted by molar-refractivity contribution is -0.138. The highest BCUT2D eigenvalue weighted by Gasteiger charge is 2.39. The number of thioether (sulfide) groups is 1. The smallest absolute Gasteiger partial charge is 0.338 e. The predicted molar refractivity (Wildman–Crippen MR) is 74.1 cm³/mol. The number of likely N-dealkylation sites (tertiary alicyclic amines) is 1. The molecule has 2 amide bonds. The molecule has 1 aliphatic rings. The molecule has 0 aliphatic carbocycles. The van der Waals surface area contributed by atoms with Crippen LogP contribution in [0.25, 0.3) is 0 Å². The van der Waals surface area contributed by atoms with Crippen LogP contribution in [0.5, 0.6) is 0 Å². The fourth-order valence-electron chi connectivity index (χ4n) is 1.94. The molecule has 2 rings (SSSR count). The minimum absolute atomic E-state index is 0.0260. The number of hydrogen-bond donors (Lipinski definition) is 1. The van der Waals surface area contributed by atoms with E-state index in [4.69, 9.17) is 9.84 Å². The maximum atomic E-state index is 12.2. The van der Waals surface area contributed by atoms with Crippen LogP contribution in [0.4, 0.5) is 0 Å². The molecule has 1 aromatic heterocycles. The van der Waals surface area contributed by atoms with Crippen LogP contribution in [0.3, 0.4) is 0 Å². The molecule has 1 fully saturated rings. The van der Waals surface area contributed by atoms with Crippen molar-refractivity contribution in [2.45, 2.75) is 16.7 Å². The van der Waals surface area contributed by atoms with E-state index in [2.05, 4.69) is 4.98 Å². The zero-order valence-electron chi connectivity index (χ0n) is 11.3. The number of pyridine rings is 1.